The number of unbranched alkanes of at least 4 members (excludes halogenated alkanes) is 12. The van der Waals surface area contributed by atoms with Crippen LogP contribution in [0.15, 0.2) is 24.9 Å². The second-order valence-electron chi connectivity index (χ2n) is 5.73. The summed E-state index contributed by atoms with van der Waals surface area (Å²) in [5.74, 6) is 0. The Balaban J connectivity index is 2.95. The third kappa shape index (κ3) is 17.3. The van der Waals surface area contributed by atoms with Gasteiger partial charge in [0.25, 0.3) is 0 Å². The molecule has 0 aliphatic carbocycles. The molecule has 2 N–H and O–H groups in total. The highest BCUT2D eigenvalue weighted by Gasteiger charge is 1.94. The summed E-state index contributed by atoms with van der Waals surface area (Å²) < 4.78 is 0. The normalized spacial score (nSPS) is 10.5. The number of hydrogen-bond acceptors (Lipinski definition) is 1. The Labute approximate surface area is 121 Å². The molecule has 0 unspecified atom stereocenters. The van der Waals surface area contributed by atoms with Crippen molar-refractivity contribution in [3.63, 3.8) is 0 Å². The lowest BCUT2D eigenvalue weighted by Crippen LogP contribution is -1.93. The average molecular weight is 265 g/mol. The molecular formula is C18H35N. The van der Waals surface area contributed by atoms with Gasteiger partial charge in [0.1, 0.15) is 0 Å². The minimum Gasteiger partial charge on any atom is -0.403 e. The van der Waals surface area contributed by atoms with E-state index in [4.69, 9.17) is 5.73 Å². The first-order valence-corrected chi connectivity index (χ1v) is 8.31. The molecule has 0 bridgehead atoms. The molecule has 0 aliphatic rings. The molecule has 0 rings (SSSR count). The highest BCUT2D eigenvalue weighted by molar-refractivity contribution is 4.84. The molecular weight excluding hydrogens is 230 g/mol. The first-order chi connectivity index (χ1) is 9.27. The van der Waals surface area contributed by atoms with Gasteiger partial charge in [0.15, 0.2) is 0 Å². The van der Waals surface area contributed by atoms with Gasteiger partial charge in [-0.2, -0.15) is 0 Å². The van der Waals surface area contributed by atoms with Crippen LogP contribution in [0.4, 0.5) is 0 Å². The Hall–Kier alpha value is -0.720. The number of hydrogen-bond donors (Lipinski definition) is 1. The molecule has 0 saturated carbocycles. The minimum absolute atomic E-state index is 0.841. The third-order valence-electron chi connectivity index (χ3n) is 3.66. The summed E-state index contributed by atoms with van der Waals surface area (Å²) in [6.45, 7) is 7.48. The Bertz CT molecular complexity index is 208. The van der Waals surface area contributed by atoms with Gasteiger partial charge in [-0.15, -0.1) is 6.58 Å². The van der Waals surface area contributed by atoms with Crippen molar-refractivity contribution in [2.24, 2.45) is 5.73 Å². The SMILES string of the molecule is C=CCCCCCCCCCCCCCCC(=C)N. The molecule has 0 saturated heterocycles. The van der Waals surface area contributed by atoms with E-state index in [0.717, 1.165) is 12.1 Å². The average Bonchev–Trinajstić information content (AvgIpc) is 2.39. The maximum absolute atomic E-state index is 5.54. The van der Waals surface area contributed by atoms with Gasteiger partial charge >= 0.3 is 0 Å². The quantitative estimate of drug-likeness (QED) is 0.281. The summed E-state index contributed by atoms with van der Waals surface area (Å²) in [5, 5.41) is 0. The largest absolute Gasteiger partial charge is 0.403 e. The Morgan fingerprint density at radius 3 is 1.42 bits per heavy atom. The van der Waals surface area contributed by atoms with Crippen LogP contribution in [-0.2, 0) is 0 Å². The smallest absolute Gasteiger partial charge is 0.000744 e. The van der Waals surface area contributed by atoms with Gasteiger partial charge in [-0.05, 0) is 25.7 Å². The van der Waals surface area contributed by atoms with Crippen molar-refractivity contribution in [3.8, 4) is 0 Å². The summed E-state index contributed by atoms with van der Waals surface area (Å²) in [6, 6.07) is 0. The molecule has 0 heterocycles. The van der Waals surface area contributed by atoms with Crippen LogP contribution in [0.25, 0.3) is 0 Å². The maximum atomic E-state index is 5.54. The topological polar surface area (TPSA) is 26.0 Å². The number of allylic oxidation sites excluding steroid dienone is 2. The zero-order valence-electron chi connectivity index (χ0n) is 13.0. The summed E-state index contributed by atoms with van der Waals surface area (Å²) >= 11 is 0. The van der Waals surface area contributed by atoms with Crippen molar-refractivity contribution >= 4 is 0 Å². The Kier molecular flexibility index (Phi) is 14.8. The van der Waals surface area contributed by atoms with E-state index in [2.05, 4.69) is 13.2 Å². The van der Waals surface area contributed by atoms with Crippen molar-refractivity contribution in [2.75, 3.05) is 0 Å². The van der Waals surface area contributed by atoms with Crippen molar-refractivity contribution in [1.29, 1.82) is 0 Å². The lowest BCUT2D eigenvalue weighted by molar-refractivity contribution is 0.541. The van der Waals surface area contributed by atoms with Crippen LogP contribution in [0, 0.1) is 0 Å². The second-order valence-corrected chi connectivity index (χ2v) is 5.73. The molecule has 0 spiro atoms. The van der Waals surface area contributed by atoms with Crippen LogP contribution >= 0.6 is 0 Å². The van der Waals surface area contributed by atoms with Gasteiger partial charge < -0.3 is 5.73 Å². The zero-order valence-corrected chi connectivity index (χ0v) is 13.0. The molecule has 112 valence electrons. The van der Waals surface area contributed by atoms with E-state index >= 15 is 0 Å². The second kappa shape index (κ2) is 15.3. The van der Waals surface area contributed by atoms with E-state index in [1.807, 2.05) is 6.08 Å². The Morgan fingerprint density at radius 2 is 1.05 bits per heavy atom. The fourth-order valence-corrected chi connectivity index (χ4v) is 2.41. The fourth-order valence-electron chi connectivity index (χ4n) is 2.41. The highest BCUT2D eigenvalue weighted by Crippen LogP contribution is 2.13. The lowest BCUT2D eigenvalue weighted by Gasteiger charge is -2.03. The molecule has 0 fully saturated rings. The van der Waals surface area contributed by atoms with Crippen molar-refractivity contribution < 1.29 is 0 Å². The van der Waals surface area contributed by atoms with E-state index < -0.39 is 0 Å². The lowest BCUT2D eigenvalue weighted by atomic mass is 10.0. The Morgan fingerprint density at radius 1 is 0.684 bits per heavy atom. The van der Waals surface area contributed by atoms with Crippen molar-refractivity contribution in [2.45, 2.75) is 89.9 Å². The van der Waals surface area contributed by atoms with Crippen molar-refractivity contribution in [3.05, 3.63) is 24.9 Å². The van der Waals surface area contributed by atoms with E-state index in [-0.39, 0.29) is 0 Å². The van der Waals surface area contributed by atoms with Gasteiger partial charge in [-0.3, -0.25) is 0 Å². The van der Waals surface area contributed by atoms with E-state index in [9.17, 15) is 0 Å². The standard InChI is InChI=1S/C18H35N/c1-3-4-5-6-7-8-9-10-11-12-13-14-15-16-17-18(2)19/h3H,1-2,4-17,19H2. The molecule has 0 aliphatic heterocycles. The van der Waals surface area contributed by atoms with Crippen molar-refractivity contribution in [1.82, 2.24) is 0 Å². The van der Waals surface area contributed by atoms with Crippen LogP contribution in [0.2, 0.25) is 0 Å². The molecule has 0 atom stereocenters. The van der Waals surface area contributed by atoms with E-state index in [1.54, 1.807) is 0 Å². The summed E-state index contributed by atoms with van der Waals surface area (Å²) in [7, 11) is 0. The third-order valence-corrected chi connectivity index (χ3v) is 3.66. The number of nitrogens with two attached hydrogens (primary N) is 1. The predicted molar refractivity (Wildman–Crippen MR) is 88.2 cm³/mol. The molecule has 19 heavy (non-hydrogen) atoms. The summed E-state index contributed by atoms with van der Waals surface area (Å²) in [5.41, 5.74) is 6.38. The monoisotopic (exact) mass is 265 g/mol. The van der Waals surface area contributed by atoms with Crippen LogP contribution in [0.5, 0.6) is 0 Å². The zero-order chi connectivity index (χ0) is 14.2. The van der Waals surface area contributed by atoms with Crippen LogP contribution < -0.4 is 5.73 Å². The molecule has 0 radical (unpaired) electrons. The molecule has 0 amide bonds. The molecule has 1 nitrogen and oxygen atoms in total. The maximum Gasteiger partial charge on any atom is 0.000744 e. The predicted octanol–water partition coefficient (Wildman–Crippen LogP) is 6.11. The van der Waals surface area contributed by atoms with E-state index in [1.165, 1.54) is 83.5 Å². The van der Waals surface area contributed by atoms with E-state index in [0.29, 0.717) is 0 Å². The minimum atomic E-state index is 0.841. The first kappa shape index (κ1) is 18.3. The van der Waals surface area contributed by atoms with Crippen LogP contribution in [-0.4, -0.2) is 0 Å². The number of rotatable bonds is 15. The first-order valence-electron chi connectivity index (χ1n) is 8.31. The molecule has 0 aromatic heterocycles. The fraction of sp³-hybridized carbons (Fsp3) is 0.778. The molecule has 0 aromatic carbocycles. The summed E-state index contributed by atoms with van der Waals surface area (Å²) in [6.07, 6.45) is 20.8. The van der Waals surface area contributed by atoms with Gasteiger partial charge in [0, 0.05) is 5.70 Å². The van der Waals surface area contributed by atoms with Crippen LogP contribution in [0.3, 0.4) is 0 Å². The molecule has 1 heteroatoms. The van der Waals surface area contributed by atoms with Gasteiger partial charge in [-0.25, -0.2) is 0 Å². The highest BCUT2D eigenvalue weighted by atomic mass is 14.5. The molecule has 0 aromatic rings. The van der Waals surface area contributed by atoms with Gasteiger partial charge in [0.05, 0.1) is 0 Å². The summed E-state index contributed by atoms with van der Waals surface area (Å²) in [4.78, 5) is 0. The van der Waals surface area contributed by atoms with Gasteiger partial charge in [-0.1, -0.05) is 76.9 Å². The van der Waals surface area contributed by atoms with Gasteiger partial charge in [0.2, 0.25) is 0 Å². The van der Waals surface area contributed by atoms with Crippen LogP contribution in [0.1, 0.15) is 89.9 Å².